The number of benzene rings is 3. The molecule has 0 unspecified atom stereocenters. The molecular weight excluding hydrogens is 498 g/mol. The molecule has 192 valence electrons. The van der Waals surface area contributed by atoms with E-state index in [1.807, 2.05) is 12.1 Å². The average molecular weight is 525 g/mol. The Balaban J connectivity index is 1.76. The van der Waals surface area contributed by atoms with Crippen LogP contribution in [0.5, 0.6) is 0 Å². The molecule has 1 aliphatic heterocycles. The summed E-state index contributed by atoms with van der Waals surface area (Å²) < 4.78 is 56.3. The Labute approximate surface area is 213 Å². The average Bonchev–Trinajstić information content (AvgIpc) is 3.22. The zero-order valence-electron chi connectivity index (χ0n) is 20.2. The Morgan fingerprint density at radius 2 is 1.65 bits per heavy atom. The van der Waals surface area contributed by atoms with Crippen LogP contribution < -0.4 is 15.4 Å². The van der Waals surface area contributed by atoms with E-state index in [-0.39, 0.29) is 11.3 Å². The minimum absolute atomic E-state index is 0.188. The van der Waals surface area contributed by atoms with Crippen molar-refractivity contribution in [3.63, 3.8) is 0 Å². The van der Waals surface area contributed by atoms with Crippen molar-refractivity contribution >= 4 is 38.2 Å². The summed E-state index contributed by atoms with van der Waals surface area (Å²) in [5.41, 5.74) is 8.91. The van der Waals surface area contributed by atoms with Gasteiger partial charge in [-0.2, -0.15) is 0 Å². The van der Waals surface area contributed by atoms with Crippen molar-refractivity contribution in [2.75, 3.05) is 29.0 Å². The van der Waals surface area contributed by atoms with E-state index in [0.29, 0.717) is 27.8 Å². The van der Waals surface area contributed by atoms with E-state index in [9.17, 15) is 22.0 Å². The molecule has 7 nitrogen and oxygen atoms in total. The van der Waals surface area contributed by atoms with E-state index >= 15 is 0 Å². The van der Waals surface area contributed by atoms with Crippen molar-refractivity contribution in [2.24, 2.45) is 5.73 Å². The van der Waals surface area contributed by atoms with Gasteiger partial charge in [0.1, 0.15) is 17.3 Å². The summed E-state index contributed by atoms with van der Waals surface area (Å²) in [5.74, 6) is -2.05. The first-order valence-electron chi connectivity index (χ1n) is 11.9. The SMILES string of the molecule is CS(=O)(=O)Nc1ccc2cc(C(N)=O)n(-c3cc(-c4ccc(F)cc4F)cc(N4CCCCC4)c3)c2c1. The highest BCUT2D eigenvalue weighted by Gasteiger charge is 2.20. The maximum Gasteiger partial charge on any atom is 0.265 e. The van der Waals surface area contributed by atoms with Crippen molar-refractivity contribution in [1.29, 1.82) is 0 Å². The van der Waals surface area contributed by atoms with Gasteiger partial charge in [-0.1, -0.05) is 6.07 Å². The van der Waals surface area contributed by atoms with Crippen LogP contribution in [0.1, 0.15) is 29.8 Å². The number of primary amides is 1. The highest BCUT2D eigenvalue weighted by Crippen LogP contribution is 2.35. The fourth-order valence-corrected chi connectivity index (χ4v) is 5.43. The maximum absolute atomic E-state index is 14.9. The molecule has 0 aliphatic carbocycles. The number of nitrogens with zero attached hydrogens (tertiary/aromatic N) is 2. The molecule has 1 amide bonds. The number of rotatable bonds is 6. The summed E-state index contributed by atoms with van der Waals surface area (Å²) in [6, 6.07) is 15.5. The van der Waals surface area contributed by atoms with Gasteiger partial charge in [-0.3, -0.25) is 9.52 Å². The summed E-state index contributed by atoms with van der Waals surface area (Å²) >= 11 is 0. The topological polar surface area (TPSA) is 97.4 Å². The highest BCUT2D eigenvalue weighted by atomic mass is 32.2. The zero-order chi connectivity index (χ0) is 26.3. The number of carbonyl (C=O) groups excluding carboxylic acids is 1. The van der Waals surface area contributed by atoms with Crippen LogP contribution in [0, 0.1) is 11.6 Å². The lowest BCUT2D eigenvalue weighted by Gasteiger charge is -2.30. The number of piperidine rings is 1. The zero-order valence-corrected chi connectivity index (χ0v) is 21.0. The minimum atomic E-state index is -3.53. The van der Waals surface area contributed by atoms with Gasteiger partial charge in [0, 0.05) is 41.5 Å². The summed E-state index contributed by atoms with van der Waals surface area (Å²) in [7, 11) is -3.53. The van der Waals surface area contributed by atoms with Crippen molar-refractivity contribution in [1.82, 2.24) is 4.57 Å². The molecule has 5 rings (SSSR count). The summed E-state index contributed by atoms with van der Waals surface area (Å²) in [6.07, 6.45) is 4.21. The maximum atomic E-state index is 14.9. The smallest absolute Gasteiger partial charge is 0.265 e. The van der Waals surface area contributed by atoms with Crippen LogP contribution in [0.2, 0.25) is 0 Å². The van der Waals surface area contributed by atoms with Gasteiger partial charge in [0.25, 0.3) is 5.91 Å². The predicted octanol–water partition coefficient (Wildman–Crippen LogP) is 5.04. The van der Waals surface area contributed by atoms with Crippen molar-refractivity contribution in [2.45, 2.75) is 19.3 Å². The quantitative estimate of drug-likeness (QED) is 0.369. The fourth-order valence-electron chi connectivity index (χ4n) is 4.88. The van der Waals surface area contributed by atoms with Crippen LogP contribution in [0.25, 0.3) is 27.7 Å². The molecule has 0 bridgehead atoms. The standard InChI is InChI=1S/C27H26F2N4O3S/c1-37(35,36)31-20-7-5-17-13-26(27(30)34)33(25(17)15-20)22-12-18(23-8-6-19(28)14-24(23)29)11-21(16-22)32-9-3-2-4-10-32/h5-8,11-16,31H,2-4,9-10H2,1H3,(H2,30,34). The van der Waals surface area contributed by atoms with Gasteiger partial charge in [0.15, 0.2) is 0 Å². The normalized spacial score (nSPS) is 14.2. The van der Waals surface area contributed by atoms with E-state index < -0.39 is 27.6 Å². The number of anilines is 2. The molecule has 0 spiro atoms. The monoisotopic (exact) mass is 524 g/mol. The van der Waals surface area contributed by atoms with Gasteiger partial charge in [-0.25, -0.2) is 17.2 Å². The van der Waals surface area contributed by atoms with E-state index in [0.717, 1.165) is 50.4 Å². The van der Waals surface area contributed by atoms with Crippen molar-refractivity contribution < 1.29 is 22.0 Å². The molecule has 1 aromatic heterocycles. The molecule has 4 aromatic rings. The van der Waals surface area contributed by atoms with Crippen LogP contribution in [0.3, 0.4) is 0 Å². The summed E-state index contributed by atoms with van der Waals surface area (Å²) in [4.78, 5) is 14.7. The molecule has 0 atom stereocenters. The van der Waals surface area contributed by atoms with Crippen LogP contribution >= 0.6 is 0 Å². The van der Waals surface area contributed by atoms with E-state index in [1.54, 1.807) is 34.9 Å². The molecule has 1 saturated heterocycles. The first-order valence-corrected chi connectivity index (χ1v) is 13.8. The Morgan fingerprint density at radius 3 is 2.32 bits per heavy atom. The molecular formula is C27H26F2N4O3S. The number of carbonyl (C=O) groups is 1. The third-order valence-corrected chi connectivity index (χ3v) is 7.09. The van der Waals surface area contributed by atoms with Gasteiger partial charge in [-0.15, -0.1) is 0 Å². The first kappa shape index (κ1) is 24.8. The Hall–Kier alpha value is -3.92. The second-order valence-corrected chi connectivity index (χ2v) is 11.0. The number of amides is 1. The number of hydrogen-bond acceptors (Lipinski definition) is 4. The largest absolute Gasteiger partial charge is 0.371 e. The number of halogens is 2. The number of fused-ring (bicyclic) bond motifs is 1. The van der Waals surface area contributed by atoms with Crippen LogP contribution in [0.4, 0.5) is 20.2 Å². The van der Waals surface area contributed by atoms with Gasteiger partial charge in [0.05, 0.1) is 17.5 Å². The van der Waals surface area contributed by atoms with Crippen LogP contribution in [-0.2, 0) is 10.0 Å². The summed E-state index contributed by atoms with van der Waals surface area (Å²) in [5, 5.41) is 0.672. The summed E-state index contributed by atoms with van der Waals surface area (Å²) in [6.45, 7) is 1.65. The van der Waals surface area contributed by atoms with E-state index in [2.05, 4.69) is 9.62 Å². The van der Waals surface area contributed by atoms with Gasteiger partial charge in [-0.05, 0) is 73.4 Å². The van der Waals surface area contributed by atoms with Crippen LogP contribution in [-0.4, -0.2) is 38.2 Å². The molecule has 37 heavy (non-hydrogen) atoms. The van der Waals surface area contributed by atoms with E-state index in [4.69, 9.17) is 5.73 Å². The lowest BCUT2D eigenvalue weighted by Crippen LogP contribution is -2.29. The lowest BCUT2D eigenvalue weighted by molar-refractivity contribution is 0.0994. The molecule has 3 N–H and O–H groups in total. The highest BCUT2D eigenvalue weighted by molar-refractivity contribution is 7.92. The molecule has 3 aromatic carbocycles. The van der Waals surface area contributed by atoms with Gasteiger partial charge < -0.3 is 15.2 Å². The third-order valence-electron chi connectivity index (χ3n) is 6.48. The number of nitrogens with one attached hydrogen (secondary N) is 1. The van der Waals surface area contributed by atoms with Crippen molar-refractivity contribution in [3.05, 3.63) is 78.0 Å². The van der Waals surface area contributed by atoms with Crippen LogP contribution in [0.15, 0.2) is 60.7 Å². The Kier molecular flexibility index (Phi) is 6.36. The third kappa shape index (κ3) is 5.15. The Bertz CT molecular complexity index is 1630. The second kappa shape index (κ2) is 9.51. The fraction of sp³-hybridized carbons (Fsp3) is 0.222. The molecule has 1 fully saturated rings. The predicted molar refractivity (Wildman–Crippen MR) is 142 cm³/mol. The molecule has 1 aliphatic rings. The van der Waals surface area contributed by atoms with Gasteiger partial charge >= 0.3 is 0 Å². The Morgan fingerprint density at radius 1 is 0.919 bits per heavy atom. The molecule has 0 radical (unpaired) electrons. The van der Waals surface area contributed by atoms with Crippen molar-refractivity contribution in [3.8, 4) is 16.8 Å². The molecule has 2 heterocycles. The van der Waals surface area contributed by atoms with Gasteiger partial charge in [0.2, 0.25) is 10.0 Å². The number of sulfonamides is 1. The molecule has 10 heteroatoms. The lowest BCUT2D eigenvalue weighted by atomic mass is 10.0. The number of nitrogens with two attached hydrogens (primary N) is 1. The molecule has 0 saturated carbocycles. The first-order chi connectivity index (χ1) is 17.6. The van der Waals surface area contributed by atoms with E-state index in [1.165, 1.54) is 12.1 Å². The number of hydrogen-bond donors (Lipinski definition) is 2. The minimum Gasteiger partial charge on any atom is -0.371 e. The number of aromatic nitrogens is 1. The second-order valence-electron chi connectivity index (χ2n) is 9.29.